The van der Waals surface area contributed by atoms with Crippen LogP contribution < -0.4 is 5.32 Å². The highest BCUT2D eigenvalue weighted by molar-refractivity contribution is 7.99. The van der Waals surface area contributed by atoms with Crippen LogP contribution in [0.2, 0.25) is 0 Å². The molecule has 2 rings (SSSR count). The first-order valence-electron chi connectivity index (χ1n) is 6.28. The Bertz CT molecular complexity index is 359. The molecule has 1 unspecified atom stereocenters. The number of hydrogen-bond donors (Lipinski definition) is 1. The lowest BCUT2D eigenvalue weighted by atomic mass is 9.98. The summed E-state index contributed by atoms with van der Waals surface area (Å²) in [6.07, 6.45) is 9.56. The smallest absolute Gasteiger partial charge is 0.0113 e. The highest BCUT2D eigenvalue weighted by Crippen LogP contribution is 2.27. The third-order valence-corrected chi connectivity index (χ3v) is 4.92. The normalized spacial score (nSPS) is 20.5. The van der Waals surface area contributed by atoms with Gasteiger partial charge < -0.3 is 5.32 Å². The Hall–Kier alpha value is -0.120. The minimum absolute atomic E-state index is 0.690. The fourth-order valence-electron chi connectivity index (χ4n) is 2.38. The molecule has 0 saturated carbocycles. The van der Waals surface area contributed by atoms with E-state index in [-0.39, 0.29) is 0 Å². The maximum atomic E-state index is 3.63. The molecule has 17 heavy (non-hydrogen) atoms. The van der Waals surface area contributed by atoms with Gasteiger partial charge in [-0.15, -0.1) is 23.5 Å². The molecule has 0 spiro atoms. The highest BCUT2D eigenvalue weighted by atomic mass is 32.2. The van der Waals surface area contributed by atoms with E-state index < -0.39 is 0 Å². The fraction of sp³-hybridized carbons (Fsp3) is 0.571. The van der Waals surface area contributed by atoms with Crippen molar-refractivity contribution in [2.45, 2.75) is 41.5 Å². The van der Waals surface area contributed by atoms with E-state index in [0.717, 1.165) is 0 Å². The standard InChI is InChI=1S/C14H21NS2/c1-16-13-7-6-11(14(10-13)17-2)9-12-5-3-4-8-15-12/h6-7,10,12,15H,3-5,8-9H2,1-2H3. The van der Waals surface area contributed by atoms with E-state index in [9.17, 15) is 0 Å². The molecular formula is C14H21NS2. The third kappa shape index (κ3) is 3.67. The summed E-state index contributed by atoms with van der Waals surface area (Å²) in [4.78, 5) is 2.82. The van der Waals surface area contributed by atoms with Crippen LogP contribution in [0.15, 0.2) is 28.0 Å². The van der Waals surface area contributed by atoms with Gasteiger partial charge in [0, 0.05) is 15.8 Å². The second-order valence-electron chi connectivity index (χ2n) is 4.53. The Kier molecular flexibility index (Phi) is 5.26. The van der Waals surface area contributed by atoms with Crippen molar-refractivity contribution >= 4 is 23.5 Å². The lowest BCUT2D eigenvalue weighted by Gasteiger charge is -2.24. The average Bonchev–Trinajstić information content (AvgIpc) is 2.40. The topological polar surface area (TPSA) is 12.0 Å². The zero-order valence-electron chi connectivity index (χ0n) is 10.7. The van der Waals surface area contributed by atoms with Gasteiger partial charge in [-0.3, -0.25) is 0 Å². The van der Waals surface area contributed by atoms with Crippen molar-refractivity contribution in [2.75, 3.05) is 19.1 Å². The van der Waals surface area contributed by atoms with Gasteiger partial charge in [-0.2, -0.15) is 0 Å². The van der Waals surface area contributed by atoms with Crippen LogP contribution in [0.25, 0.3) is 0 Å². The van der Waals surface area contributed by atoms with Crippen LogP contribution >= 0.6 is 23.5 Å². The zero-order chi connectivity index (χ0) is 12.1. The molecule has 1 fully saturated rings. The molecule has 94 valence electrons. The molecule has 0 aliphatic carbocycles. The van der Waals surface area contributed by atoms with Crippen molar-refractivity contribution in [3.63, 3.8) is 0 Å². The second kappa shape index (κ2) is 6.72. The fourth-order valence-corrected chi connectivity index (χ4v) is 3.56. The van der Waals surface area contributed by atoms with Crippen molar-refractivity contribution in [1.29, 1.82) is 0 Å². The average molecular weight is 267 g/mol. The molecule has 1 atom stereocenters. The van der Waals surface area contributed by atoms with Crippen LogP contribution in [-0.2, 0) is 6.42 Å². The molecule has 1 aliphatic rings. The van der Waals surface area contributed by atoms with Crippen LogP contribution in [0.1, 0.15) is 24.8 Å². The van der Waals surface area contributed by atoms with Gasteiger partial charge in [0.25, 0.3) is 0 Å². The summed E-state index contributed by atoms with van der Waals surface area (Å²) in [6, 6.07) is 7.58. The molecule has 1 saturated heterocycles. The van der Waals surface area contributed by atoms with Gasteiger partial charge in [0.2, 0.25) is 0 Å². The van der Waals surface area contributed by atoms with Gasteiger partial charge in [-0.1, -0.05) is 12.5 Å². The number of hydrogen-bond acceptors (Lipinski definition) is 3. The molecule has 1 aliphatic heterocycles. The minimum atomic E-state index is 0.690. The molecule has 1 aromatic rings. The maximum absolute atomic E-state index is 3.63. The number of thioether (sulfide) groups is 2. The summed E-state index contributed by atoms with van der Waals surface area (Å²) in [5, 5.41) is 3.63. The summed E-state index contributed by atoms with van der Waals surface area (Å²) < 4.78 is 0. The number of piperidine rings is 1. The molecule has 0 bridgehead atoms. The van der Waals surface area contributed by atoms with E-state index in [1.54, 1.807) is 0 Å². The van der Waals surface area contributed by atoms with Gasteiger partial charge in [0.15, 0.2) is 0 Å². The van der Waals surface area contributed by atoms with Crippen LogP contribution in [-0.4, -0.2) is 25.1 Å². The van der Waals surface area contributed by atoms with Crippen molar-refractivity contribution in [3.8, 4) is 0 Å². The molecule has 1 heterocycles. The van der Waals surface area contributed by atoms with E-state index in [1.165, 1.54) is 47.6 Å². The van der Waals surface area contributed by atoms with E-state index >= 15 is 0 Å². The van der Waals surface area contributed by atoms with E-state index in [2.05, 4.69) is 36.0 Å². The number of rotatable bonds is 4. The lowest BCUT2D eigenvalue weighted by molar-refractivity contribution is 0.398. The van der Waals surface area contributed by atoms with Crippen LogP contribution in [0.4, 0.5) is 0 Å². The summed E-state index contributed by atoms with van der Waals surface area (Å²) in [5.41, 5.74) is 1.51. The van der Waals surface area contributed by atoms with E-state index in [0.29, 0.717) is 6.04 Å². The van der Waals surface area contributed by atoms with E-state index in [4.69, 9.17) is 0 Å². The van der Waals surface area contributed by atoms with Crippen molar-refractivity contribution in [1.82, 2.24) is 5.32 Å². The van der Waals surface area contributed by atoms with Crippen LogP contribution in [0.3, 0.4) is 0 Å². The summed E-state index contributed by atoms with van der Waals surface area (Å²) in [7, 11) is 0. The first-order valence-corrected chi connectivity index (χ1v) is 8.72. The molecular weight excluding hydrogens is 246 g/mol. The molecule has 1 nitrogen and oxygen atoms in total. The zero-order valence-corrected chi connectivity index (χ0v) is 12.3. The molecule has 0 amide bonds. The lowest BCUT2D eigenvalue weighted by Crippen LogP contribution is -2.35. The first-order chi connectivity index (χ1) is 8.33. The monoisotopic (exact) mass is 267 g/mol. The predicted octanol–water partition coefficient (Wildman–Crippen LogP) is 3.82. The Balaban J connectivity index is 2.08. The molecule has 1 aromatic carbocycles. The summed E-state index contributed by atoms with van der Waals surface area (Å²) in [6.45, 7) is 1.20. The first kappa shape index (κ1) is 13.3. The van der Waals surface area contributed by atoms with E-state index in [1.807, 2.05) is 23.5 Å². The Morgan fingerprint density at radius 2 is 2.12 bits per heavy atom. The summed E-state index contributed by atoms with van der Waals surface area (Å²) in [5.74, 6) is 0. The van der Waals surface area contributed by atoms with Crippen LogP contribution in [0, 0.1) is 0 Å². The Morgan fingerprint density at radius 1 is 1.24 bits per heavy atom. The number of benzene rings is 1. The quantitative estimate of drug-likeness (QED) is 0.833. The largest absolute Gasteiger partial charge is 0.314 e. The molecule has 0 aromatic heterocycles. The summed E-state index contributed by atoms with van der Waals surface area (Å²) >= 11 is 3.70. The molecule has 1 N–H and O–H groups in total. The van der Waals surface area contributed by atoms with Crippen LogP contribution in [0.5, 0.6) is 0 Å². The van der Waals surface area contributed by atoms with Gasteiger partial charge in [-0.05, 0) is 56.0 Å². The van der Waals surface area contributed by atoms with Gasteiger partial charge >= 0.3 is 0 Å². The van der Waals surface area contributed by atoms with Crippen molar-refractivity contribution in [3.05, 3.63) is 23.8 Å². The van der Waals surface area contributed by atoms with Crippen molar-refractivity contribution < 1.29 is 0 Å². The molecule has 0 radical (unpaired) electrons. The number of nitrogens with one attached hydrogen (secondary N) is 1. The third-order valence-electron chi connectivity index (χ3n) is 3.37. The Labute approximate surface area is 113 Å². The predicted molar refractivity (Wildman–Crippen MR) is 79.3 cm³/mol. The highest BCUT2D eigenvalue weighted by Gasteiger charge is 2.14. The maximum Gasteiger partial charge on any atom is 0.0113 e. The Morgan fingerprint density at radius 3 is 2.76 bits per heavy atom. The second-order valence-corrected chi connectivity index (χ2v) is 6.26. The van der Waals surface area contributed by atoms with Gasteiger partial charge in [0.1, 0.15) is 0 Å². The minimum Gasteiger partial charge on any atom is -0.314 e. The van der Waals surface area contributed by atoms with Crippen molar-refractivity contribution in [2.24, 2.45) is 0 Å². The SMILES string of the molecule is CSc1ccc(CC2CCCCN2)c(SC)c1. The van der Waals surface area contributed by atoms with Gasteiger partial charge in [0.05, 0.1) is 0 Å². The molecule has 3 heteroatoms. The van der Waals surface area contributed by atoms with Gasteiger partial charge in [-0.25, -0.2) is 0 Å².